The number of amides is 2. The first-order valence-electron chi connectivity index (χ1n) is 10.2. The molecule has 1 saturated heterocycles. The van der Waals surface area contributed by atoms with Gasteiger partial charge in [0, 0.05) is 31.0 Å². The van der Waals surface area contributed by atoms with Crippen LogP contribution in [0.3, 0.4) is 0 Å². The van der Waals surface area contributed by atoms with E-state index in [1.54, 1.807) is 0 Å². The Balaban J connectivity index is 1.22. The molecule has 5 nitrogen and oxygen atoms in total. The molecule has 1 saturated carbocycles. The molecular formula is C21H30N3O2+. The molecule has 2 fully saturated rings. The maximum Gasteiger partial charge on any atom is 0.225 e. The molecule has 1 aliphatic carbocycles. The van der Waals surface area contributed by atoms with Crippen LogP contribution in [0.5, 0.6) is 0 Å². The maximum atomic E-state index is 12.5. The molecule has 2 amide bonds. The Morgan fingerprint density at radius 3 is 2.77 bits per heavy atom. The molecule has 2 aliphatic heterocycles. The van der Waals surface area contributed by atoms with E-state index in [1.165, 1.54) is 28.9 Å². The van der Waals surface area contributed by atoms with Crippen molar-refractivity contribution in [2.75, 3.05) is 26.2 Å². The van der Waals surface area contributed by atoms with E-state index in [1.807, 2.05) is 4.90 Å². The minimum atomic E-state index is -0.153. The highest BCUT2D eigenvalue weighted by Gasteiger charge is 2.38. The summed E-state index contributed by atoms with van der Waals surface area (Å²) in [5.41, 5.74) is 2.91. The molecule has 4 rings (SSSR count). The van der Waals surface area contributed by atoms with Gasteiger partial charge in [-0.25, -0.2) is 0 Å². The summed E-state index contributed by atoms with van der Waals surface area (Å²) in [5, 5.41) is 3.09. The number of carbonyl (C=O) groups is 2. The first-order valence-corrected chi connectivity index (χ1v) is 10.2. The minimum Gasteiger partial charge on any atom is -0.350 e. The fraction of sp³-hybridized carbons (Fsp3) is 0.619. The Morgan fingerprint density at radius 1 is 1.19 bits per heavy atom. The lowest BCUT2D eigenvalue weighted by molar-refractivity contribution is -0.914. The van der Waals surface area contributed by atoms with Crippen molar-refractivity contribution in [3.8, 4) is 0 Å². The van der Waals surface area contributed by atoms with E-state index >= 15 is 0 Å². The lowest BCUT2D eigenvalue weighted by Crippen LogP contribution is -3.12. The second-order valence-electron chi connectivity index (χ2n) is 8.12. The van der Waals surface area contributed by atoms with E-state index < -0.39 is 0 Å². The smallest absolute Gasteiger partial charge is 0.225 e. The van der Waals surface area contributed by atoms with E-state index in [-0.39, 0.29) is 17.7 Å². The van der Waals surface area contributed by atoms with E-state index in [4.69, 9.17) is 0 Å². The fourth-order valence-corrected chi connectivity index (χ4v) is 4.84. The summed E-state index contributed by atoms with van der Waals surface area (Å²) in [6.45, 7) is 4.45. The Bertz CT molecular complexity index is 669. The van der Waals surface area contributed by atoms with Crippen molar-refractivity contribution in [1.82, 2.24) is 10.2 Å². The normalized spacial score (nSPS) is 26.2. The van der Waals surface area contributed by atoms with E-state index in [0.717, 1.165) is 38.9 Å². The number of benzene rings is 1. The van der Waals surface area contributed by atoms with Gasteiger partial charge in [0.1, 0.15) is 6.54 Å². The molecule has 2 atom stereocenters. The van der Waals surface area contributed by atoms with Gasteiger partial charge in [-0.15, -0.1) is 0 Å². The van der Waals surface area contributed by atoms with Crippen LogP contribution in [0, 0.1) is 5.92 Å². The maximum absolute atomic E-state index is 12.5. The number of carbonyl (C=O) groups excluding carboxylic acids is 2. The first-order chi connectivity index (χ1) is 12.7. The Morgan fingerprint density at radius 2 is 1.96 bits per heavy atom. The molecule has 0 radical (unpaired) electrons. The van der Waals surface area contributed by atoms with Gasteiger partial charge < -0.3 is 15.1 Å². The Labute approximate surface area is 155 Å². The molecule has 1 aromatic rings. The average molecular weight is 356 g/mol. The standard InChI is InChI=1S/C21H29N3O2/c25-20-13-18(15-24(20)19-7-3-4-8-19)21(26)22-10-12-23-11-9-16-5-1-2-6-17(16)14-23/h1-2,5-6,18-19H,3-4,7-15H2,(H,22,26)/p+1/t18-/m0/s1. The summed E-state index contributed by atoms with van der Waals surface area (Å²) in [4.78, 5) is 28.3. The van der Waals surface area contributed by atoms with Gasteiger partial charge in [0.05, 0.1) is 25.6 Å². The highest BCUT2D eigenvalue weighted by Crippen LogP contribution is 2.29. The van der Waals surface area contributed by atoms with Gasteiger partial charge in [-0.05, 0) is 18.4 Å². The van der Waals surface area contributed by atoms with E-state index in [0.29, 0.717) is 25.6 Å². The number of likely N-dealkylation sites (tertiary alicyclic amines) is 1. The number of fused-ring (bicyclic) bond motifs is 1. The molecule has 1 aromatic carbocycles. The zero-order valence-corrected chi connectivity index (χ0v) is 15.5. The van der Waals surface area contributed by atoms with Crippen molar-refractivity contribution < 1.29 is 14.5 Å². The number of nitrogens with zero attached hydrogens (tertiary/aromatic N) is 1. The van der Waals surface area contributed by atoms with Gasteiger partial charge in [-0.2, -0.15) is 0 Å². The molecular weight excluding hydrogens is 326 g/mol. The van der Waals surface area contributed by atoms with Crippen molar-refractivity contribution >= 4 is 11.8 Å². The summed E-state index contributed by atoms with van der Waals surface area (Å²) in [5.74, 6) is 0.0890. The highest BCUT2D eigenvalue weighted by molar-refractivity contribution is 5.89. The van der Waals surface area contributed by atoms with Gasteiger partial charge >= 0.3 is 0 Å². The number of nitrogens with one attached hydrogen (secondary N) is 2. The Hall–Kier alpha value is -1.88. The molecule has 3 aliphatic rings. The van der Waals surface area contributed by atoms with Gasteiger partial charge in [0.15, 0.2) is 0 Å². The van der Waals surface area contributed by atoms with Crippen LogP contribution in [-0.2, 0) is 22.6 Å². The second-order valence-corrected chi connectivity index (χ2v) is 8.12. The van der Waals surface area contributed by atoms with Crippen molar-refractivity contribution in [1.29, 1.82) is 0 Å². The van der Waals surface area contributed by atoms with Crippen molar-refractivity contribution in [2.24, 2.45) is 5.92 Å². The SMILES string of the molecule is O=C(NCC[NH+]1CCc2ccccc2C1)[C@H]1CC(=O)N(C2CCCC2)C1. The largest absolute Gasteiger partial charge is 0.350 e. The third-order valence-corrected chi connectivity index (χ3v) is 6.38. The van der Waals surface area contributed by atoms with Crippen LogP contribution < -0.4 is 10.2 Å². The molecule has 0 spiro atoms. The molecule has 1 unspecified atom stereocenters. The lowest BCUT2D eigenvalue weighted by Gasteiger charge is -2.26. The van der Waals surface area contributed by atoms with Crippen LogP contribution in [0.2, 0.25) is 0 Å². The van der Waals surface area contributed by atoms with Crippen molar-refractivity contribution in [3.63, 3.8) is 0 Å². The van der Waals surface area contributed by atoms with Crippen LogP contribution in [-0.4, -0.2) is 48.9 Å². The third kappa shape index (κ3) is 3.78. The Kier molecular flexibility index (Phi) is 5.25. The molecule has 0 aromatic heterocycles. The molecule has 140 valence electrons. The quantitative estimate of drug-likeness (QED) is 0.809. The number of rotatable bonds is 5. The van der Waals surface area contributed by atoms with Gasteiger partial charge in [-0.1, -0.05) is 37.1 Å². The van der Waals surface area contributed by atoms with Gasteiger partial charge in [0.25, 0.3) is 0 Å². The zero-order chi connectivity index (χ0) is 17.9. The second kappa shape index (κ2) is 7.78. The van der Waals surface area contributed by atoms with Crippen LogP contribution in [0.1, 0.15) is 43.2 Å². The van der Waals surface area contributed by atoms with Crippen molar-refractivity contribution in [2.45, 2.75) is 51.1 Å². The van der Waals surface area contributed by atoms with Crippen LogP contribution in [0.25, 0.3) is 0 Å². The number of hydrogen-bond acceptors (Lipinski definition) is 2. The molecule has 2 N–H and O–H groups in total. The first kappa shape index (κ1) is 17.5. The summed E-state index contributed by atoms with van der Waals surface area (Å²) in [7, 11) is 0. The fourth-order valence-electron chi connectivity index (χ4n) is 4.84. The van der Waals surface area contributed by atoms with Crippen LogP contribution in [0.15, 0.2) is 24.3 Å². The van der Waals surface area contributed by atoms with Gasteiger partial charge in [0.2, 0.25) is 11.8 Å². The number of hydrogen-bond donors (Lipinski definition) is 2. The summed E-state index contributed by atoms with van der Waals surface area (Å²) >= 11 is 0. The van der Waals surface area contributed by atoms with Crippen LogP contribution in [0.4, 0.5) is 0 Å². The summed E-state index contributed by atoms with van der Waals surface area (Å²) < 4.78 is 0. The average Bonchev–Trinajstić information content (AvgIpc) is 3.31. The topological polar surface area (TPSA) is 53.9 Å². The number of quaternary nitrogens is 1. The zero-order valence-electron chi connectivity index (χ0n) is 15.5. The third-order valence-electron chi connectivity index (χ3n) is 6.38. The van der Waals surface area contributed by atoms with Crippen LogP contribution >= 0.6 is 0 Å². The molecule has 0 bridgehead atoms. The predicted octanol–water partition coefficient (Wildman–Crippen LogP) is 0.535. The minimum absolute atomic E-state index is 0.0654. The summed E-state index contributed by atoms with van der Waals surface area (Å²) in [6, 6.07) is 9.05. The molecule has 2 heterocycles. The highest BCUT2D eigenvalue weighted by atomic mass is 16.2. The van der Waals surface area contributed by atoms with Crippen molar-refractivity contribution in [3.05, 3.63) is 35.4 Å². The lowest BCUT2D eigenvalue weighted by atomic mass is 10.00. The monoisotopic (exact) mass is 356 g/mol. The van der Waals surface area contributed by atoms with E-state index in [2.05, 4.69) is 29.6 Å². The predicted molar refractivity (Wildman–Crippen MR) is 99.6 cm³/mol. The van der Waals surface area contributed by atoms with E-state index in [9.17, 15) is 9.59 Å². The molecule has 5 heteroatoms. The molecule has 26 heavy (non-hydrogen) atoms. The van der Waals surface area contributed by atoms with Gasteiger partial charge in [-0.3, -0.25) is 9.59 Å². The summed E-state index contributed by atoms with van der Waals surface area (Å²) in [6.07, 6.45) is 6.17.